The first-order valence-electron chi connectivity index (χ1n) is 7.71. The number of para-hydroxylation sites is 1. The Morgan fingerprint density at radius 3 is 2.33 bits per heavy atom. The Balaban J connectivity index is 1.80. The predicted octanol–water partition coefficient (Wildman–Crippen LogP) is 5.28. The molecule has 138 valence electrons. The molecular weight excluding hydrogens is 364 g/mol. The second-order valence-corrected chi connectivity index (χ2v) is 5.42. The van der Waals surface area contributed by atoms with Gasteiger partial charge in [0.15, 0.2) is 0 Å². The normalized spacial score (nSPS) is 11.1. The number of anilines is 1. The number of alkyl halides is 3. The summed E-state index contributed by atoms with van der Waals surface area (Å²) in [6.07, 6.45) is -4.59. The predicted molar refractivity (Wildman–Crippen MR) is 90.1 cm³/mol. The summed E-state index contributed by atoms with van der Waals surface area (Å²) in [5, 5.41) is 2.51. The van der Waals surface area contributed by atoms with Crippen molar-refractivity contribution in [1.82, 2.24) is 4.98 Å². The summed E-state index contributed by atoms with van der Waals surface area (Å²) in [5.74, 6) is -1.66. The highest BCUT2D eigenvalue weighted by Crippen LogP contribution is 2.37. The van der Waals surface area contributed by atoms with Gasteiger partial charge in [0, 0.05) is 11.8 Å². The van der Waals surface area contributed by atoms with Crippen molar-refractivity contribution >= 4 is 11.6 Å². The number of benzene rings is 2. The number of aromatic nitrogens is 1. The molecule has 2 aromatic carbocycles. The number of hydrogen-bond donors (Lipinski definition) is 1. The topological polar surface area (TPSA) is 51.2 Å². The van der Waals surface area contributed by atoms with Crippen molar-refractivity contribution in [2.24, 2.45) is 0 Å². The van der Waals surface area contributed by atoms with Gasteiger partial charge in [-0.15, -0.1) is 0 Å². The lowest BCUT2D eigenvalue weighted by Crippen LogP contribution is -2.14. The van der Waals surface area contributed by atoms with Gasteiger partial charge < -0.3 is 10.1 Å². The number of hydrogen-bond acceptors (Lipinski definition) is 3. The van der Waals surface area contributed by atoms with E-state index in [0.29, 0.717) is 5.69 Å². The lowest BCUT2D eigenvalue weighted by Gasteiger charge is -2.13. The average Bonchev–Trinajstić information content (AvgIpc) is 2.63. The fourth-order valence-corrected chi connectivity index (χ4v) is 2.23. The van der Waals surface area contributed by atoms with Crippen molar-refractivity contribution in [3.8, 4) is 11.6 Å². The van der Waals surface area contributed by atoms with Gasteiger partial charge in [0.05, 0.1) is 5.56 Å². The first-order valence-corrected chi connectivity index (χ1v) is 7.71. The third-order valence-electron chi connectivity index (χ3n) is 3.47. The molecule has 0 atom stereocenters. The van der Waals surface area contributed by atoms with Crippen molar-refractivity contribution in [2.45, 2.75) is 6.18 Å². The largest absolute Gasteiger partial charge is 0.438 e. The zero-order valence-electron chi connectivity index (χ0n) is 13.6. The van der Waals surface area contributed by atoms with Crippen LogP contribution in [0.1, 0.15) is 16.1 Å². The first kappa shape index (κ1) is 18.4. The second kappa shape index (κ2) is 7.45. The smallest absolute Gasteiger partial charge is 0.419 e. The minimum Gasteiger partial charge on any atom is -0.438 e. The summed E-state index contributed by atoms with van der Waals surface area (Å²) < 4.78 is 57.2. The van der Waals surface area contributed by atoms with E-state index >= 15 is 0 Å². The highest BCUT2D eigenvalue weighted by Gasteiger charge is 2.34. The number of halogens is 4. The lowest BCUT2D eigenvalue weighted by molar-refractivity contribution is -0.138. The number of carbonyl (C=O) groups excluding carboxylic acids is 1. The zero-order chi connectivity index (χ0) is 19.4. The lowest BCUT2D eigenvalue weighted by atomic mass is 10.2. The van der Waals surface area contributed by atoms with Crippen LogP contribution < -0.4 is 10.1 Å². The quantitative estimate of drug-likeness (QED) is 0.630. The molecule has 4 nitrogen and oxygen atoms in total. The Hall–Kier alpha value is -3.42. The second-order valence-electron chi connectivity index (χ2n) is 5.42. The molecule has 0 aliphatic rings. The van der Waals surface area contributed by atoms with Gasteiger partial charge in [-0.2, -0.15) is 13.2 Å². The van der Waals surface area contributed by atoms with Gasteiger partial charge in [-0.25, -0.2) is 9.37 Å². The van der Waals surface area contributed by atoms with Gasteiger partial charge >= 0.3 is 6.18 Å². The summed E-state index contributed by atoms with van der Waals surface area (Å²) in [6.45, 7) is 0. The molecule has 1 heterocycles. The number of nitrogens with zero attached hydrogens (tertiary/aromatic N) is 1. The highest BCUT2D eigenvalue weighted by atomic mass is 19.4. The van der Waals surface area contributed by atoms with Crippen LogP contribution in [0.5, 0.6) is 11.6 Å². The van der Waals surface area contributed by atoms with Gasteiger partial charge in [-0.3, -0.25) is 4.79 Å². The maximum atomic E-state index is 13.0. The van der Waals surface area contributed by atoms with Crippen molar-refractivity contribution in [2.75, 3.05) is 5.32 Å². The van der Waals surface area contributed by atoms with Crippen LogP contribution in [0.3, 0.4) is 0 Å². The SMILES string of the molecule is O=C(Nc1ccc(F)cc1)c1cccc(Oc2ccccc2C(F)(F)F)n1. The van der Waals surface area contributed by atoms with E-state index in [2.05, 4.69) is 10.3 Å². The third kappa shape index (κ3) is 4.60. The van der Waals surface area contributed by atoms with Crippen molar-refractivity contribution < 1.29 is 27.1 Å². The maximum Gasteiger partial charge on any atom is 0.419 e. The molecule has 1 N–H and O–H groups in total. The Kier molecular flexibility index (Phi) is 5.07. The van der Waals surface area contributed by atoms with Crippen LogP contribution >= 0.6 is 0 Å². The molecule has 0 aliphatic heterocycles. The molecule has 0 radical (unpaired) electrons. The summed E-state index contributed by atoms with van der Waals surface area (Å²) >= 11 is 0. The number of pyridine rings is 1. The van der Waals surface area contributed by atoms with Gasteiger partial charge in [-0.1, -0.05) is 18.2 Å². The van der Waals surface area contributed by atoms with E-state index in [4.69, 9.17) is 4.74 Å². The van der Waals surface area contributed by atoms with E-state index < -0.39 is 29.2 Å². The van der Waals surface area contributed by atoms with Gasteiger partial charge in [0.1, 0.15) is 17.3 Å². The number of carbonyl (C=O) groups is 1. The Bertz CT molecular complexity index is 956. The standard InChI is InChI=1S/C19H12F4N2O2/c20-12-8-10-13(11-9-12)24-18(26)15-5-3-7-17(25-15)27-16-6-2-1-4-14(16)19(21,22)23/h1-11H,(H,24,26). The van der Waals surface area contributed by atoms with E-state index in [-0.39, 0.29) is 11.6 Å². The maximum absolute atomic E-state index is 13.0. The zero-order valence-corrected chi connectivity index (χ0v) is 13.6. The molecule has 0 unspecified atom stereocenters. The van der Waals surface area contributed by atoms with Gasteiger partial charge in [0.25, 0.3) is 5.91 Å². The molecule has 0 spiro atoms. The van der Waals surface area contributed by atoms with Crippen LogP contribution in [0.25, 0.3) is 0 Å². The van der Waals surface area contributed by atoms with Crippen LogP contribution in [0.4, 0.5) is 23.2 Å². The molecule has 27 heavy (non-hydrogen) atoms. The number of rotatable bonds is 4. The van der Waals surface area contributed by atoms with E-state index in [9.17, 15) is 22.4 Å². The van der Waals surface area contributed by atoms with Crippen LogP contribution in [0.2, 0.25) is 0 Å². The molecule has 1 aromatic heterocycles. The molecule has 8 heteroatoms. The fourth-order valence-electron chi connectivity index (χ4n) is 2.23. The molecule has 0 saturated heterocycles. The summed E-state index contributed by atoms with van der Waals surface area (Å²) in [7, 11) is 0. The highest BCUT2D eigenvalue weighted by molar-refractivity contribution is 6.02. The van der Waals surface area contributed by atoms with Gasteiger partial charge in [-0.05, 0) is 42.5 Å². The minimum absolute atomic E-state index is 0.0682. The van der Waals surface area contributed by atoms with Crippen LogP contribution in [-0.4, -0.2) is 10.9 Å². The molecule has 3 rings (SSSR count). The van der Waals surface area contributed by atoms with Gasteiger partial charge in [0.2, 0.25) is 5.88 Å². The van der Waals surface area contributed by atoms with E-state index in [0.717, 1.165) is 12.1 Å². The minimum atomic E-state index is -4.59. The fraction of sp³-hybridized carbons (Fsp3) is 0.0526. The van der Waals surface area contributed by atoms with Crippen LogP contribution in [0, 0.1) is 5.82 Å². The Morgan fingerprint density at radius 1 is 0.926 bits per heavy atom. The third-order valence-corrected chi connectivity index (χ3v) is 3.47. The molecule has 3 aromatic rings. The molecule has 0 fully saturated rings. The first-order chi connectivity index (χ1) is 12.8. The molecule has 0 saturated carbocycles. The van der Waals surface area contributed by atoms with E-state index in [1.54, 1.807) is 0 Å². The van der Waals surface area contributed by atoms with Crippen molar-refractivity contribution in [3.05, 3.63) is 83.8 Å². The van der Waals surface area contributed by atoms with E-state index in [1.165, 1.54) is 54.6 Å². The summed E-state index contributed by atoms with van der Waals surface area (Å²) in [5.41, 5.74) is -0.675. The Labute approximate surface area is 151 Å². The summed E-state index contributed by atoms with van der Waals surface area (Å²) in [4.78, 5) is 16.2. The average molecular weight is 376 g/mol. The monoisotopic (exact) mass is 376 g/mol. The van der Waals surface area contributed by atoms with Crippen molar-refractivity contribution in [1.29, 1.82) is 0 Å². The van der Waals surface area contributed by atoms with Crippen LogP contribution in [0.15, 0.2) is 66.7 Å². The van der Waals surface area contributed by atoms with E-state index in [1.807, 2.05) is 0 Å². The molecule has 0 aliphatic carbocycles. The Morgan fingerprint density at radius 2 is 1.63 bits per heavy atom. The summed E-state index contributed by atoms with van der Waals surface area (Å²) in [6, 6.07) is 13.9. The van der Waals surface area contributed by atoms with Crippen molar-refractivity contribution in [3.63, 3.8) is 0 Å². The number of ether oxygens (including phenoxy) is 1. The molecular formula is C19H12F4N2O2. The molecule has 1 amide bonds. The number of nitrogens with one attached hydrogen (secondary N) is 1. The number of amides is 1. The molecule has 0 bridgehead atoms. The van der Waals surface area contributed by atoms with Crippen LogP contribution in [-0.2, 0) is 6.18 Å².